The molecule has 1 aromatic carbocycles. The van der Waals surface area contributed by atoms with E-state index in [1.807, 2.05) is 11.8 Å². The molecule has 0 atom stereocenters. The van der Waals surface area contributed by atoms with E-state index < -0.39 is 0 Å². The number of rotatable bonds is 13. The molecule has 0 spiro atoms. The van der Waals surface area contributed by atoms with Crippen LogP contribution in [0.2, 0.25) is 0 Å². The molecule has 21 heavy (non-hydrogen) atoms. The van der Waals surface area contributed by atoms with E-state index in [4.69, 9.17) is 0 Å². The smallest absolute Gasteiger partial charge is 0.0205 e. The molecule has 0 aliphatic carbocycles. The molecule has 0 aliphatic rings. The SMILES string of the molecule is CCCCCCCCCSc1ccc(CNCCC)cc1. The molecular weight excluding hydrogens is 274 g/mol. The average molecular weight is 308 g/mol. The summed E-state index contributed by atoms with van der Waals surface area (Å²) in [6.45, 7) is 6.59. The third-order valence-corrected chi connectivity index (χ3v) is 4.79. The monoisotopic (exact) mass is 307 g/mol. The number of hydrogen-bond donors (Lipinski definition) is 1. The number of thioether (sulfide) groups is 1. The highest BCUT2D eigenvalue weighted by molar-refractivity contribution is 7.99. The fraction of sp³-hybridized carbons (Fsp3) is 0.684. The molecule has 0 heterocycles. The zero-order valence-corrected chi connectivity index (χ0v) is 14.8. The van der Waals surface area contributed by atoms with Crippen molar-refractivity contribution in [2.45, 2.75) is 76.7 Å². The first kappa shape index (κ1) is 18.6. The summed E-state index contributed by atoms with van der Waals surface area (Å²) >= 11 is 2.01. The molecule has 1 rings (SSSR count). The standard InChI is InChI=1S/C19H33NS/c1-3-5-6-7-8-9-10-16-21-19-13-11-18(12-14-19)17-20-15-4-2/h11-14,20H,3-10,15-17H2,1-2H3. The minimum Gasteiger partial charge on any atom is -0.313 e. The maximum absolute atomic E-state index is 3.44. The maximum Gasteiger partial charge on any atom is 0.0205 e. The second kappa shape index (κ2) is 13.2. The predicted octanol–water partition coefficient (Wildman–Crippen LogP) is 6.03. The Hall–Kier alpha value is -0.470. The Labute approximate surface area is 136 Å². The summed E-state index contributed by atoms with van der Waals surface area (Å²) in [5, 5.41) is 3.44. The van der Waals surface area contributed by atoms with Crippen molar-refractivity contribution >= 4 is 11.8 Å². The molecule has 0 unspecified atom stereocenters. The summed E-state index contributed by atoms with van der Waals surface area (Å²) in [5.74, 6) is 1.27. The van der Waals surface area contributed by atoms with Crippen molar-refractivity contribution in [2.24, 2.45) is 0 Å². The molecule has 0 saturated heterocycles. The van der Waals surface area contributed by atoms with Gasteiger partial charge < -0.3 is 5.32 Å². The van der Waals surface area contributed by atoms with Gasteiger partial charge in [-0.2, -0.15) is 0 Å². The summed E-state index contributed by atoms with van der Waals surface area (Å²) in [7, 11) is 0. The van der Waals surface area contributed by atoms with Gasteiger partial charge in [0.2, 0.25) is 0 Å². The van der Waals surface area contributed by atoms with E-state index in [0.29, 0.717) is 0 Å². The summed E-state index contributed by atoms with van der Waals surface area (Å²) < 4.78 is 0. The lowest BCUT2D eigenvalue weighted by atomic mass is 10.1. The Morgan fingerprint density at radius 2 is 1.48 bits per heavy atom. The summed E-state index contributed by atoms with van der Waals surface area (Å²) in [6.07, 6.45) is 11.0. The molecule has 0 bridgehead atoms. The van der Waals surface area contributed by atoms with Crippen molar-refractivity contribution in [2.75, 3.05) is 12.3 Å². The first-order valence-electron chi connectivity index (χ1n) is 8.79. The van der Waals surface area contributed by atoms with Gasteiger partial charge in [0.05, 0.1) is 0 Å². The normalized spacial score (nSPS) is 11.0. The van der Waals surface area contributed by atoms with Crippen molar-refractivity contribution in [1.82, 2.24) is 5.32 Å². The van der Waals surface area contributed by atoms with Crippen LogP contribution in [0, 0.1) is 0 Å². The summed E-state index contributed by atoms with van der Waals surface area (Å²) in [4.78, 5) is 1.42. The molecule has 120 valence electrons. The maximum atomic E-state index is 3.44. The fourth-order valence-corrected chi connectivity index (χ4v) is 3.27. The van der Waals surface area contributed by atoms with E-state index in [9.17, 15) is 0 Å². The minimum absolute atomic E-state index is 0.997. The number of benzene rings is 1. The molecule has 0 aliphatic heterocycles. The van der Waals surface area contributed by atoms with Gasteiger partial charge in [-0.15, -0.1) is 11.8 Å². The molecule has 0 aromatic heterocycles. The Morgan fingerprint density at radius 1 is 0.810 bits per heavy atom. The first-order chi connectivity index (χ1) is 10.4. The van der Waals surface area contributed by atoms with Gasteiger partial charge in [-0.25, -0.2) is 0 Å². The highest BCUT2D eigenvalue weighted by atomic mass is 32.2. The number of unbranched alkanes of at least 4 members (excludes halogenated alkanes) is 6. The molecule has 2 heteroatoms. The fourth-order valence-electron chi connectivity index (χ4n) is 2.36. The van der Waals surface area contributed by atoms with E-state index in [-0.39, 0.29) is 0 Å². The van der Waals surface area contributed by atoms with E-state index in [0.717, 1.165) is 13.1 Å². The Kier molecular flexibility index (Phi) is 11.7. The minimum atomic E-state index is 0.997. The second-order valence-electron chi connectivity index (χ2n) is 5.79. The van der Waals surface area contributed by atoms with Crippen LogP contribution in [0.5, 0.6) is 0 Å². The quantitative estimate of drug-likeness (QED) is 0.353. The van der Waals surface area contributed by atoms with Crippen LogP contribution in [0.15, 0.2) is 29.2 Å². The third kappa shape index (κ3) is 9.97. The van der Waals surface area contributed by atoms with Crippen LogP contribution in [0.25, 0.3) is 0 Å². The van der Waals surface area contributed by atoms with E-state index in [2.05, 4.69) is 43.4 Å². The third-order valence-electron chi connectivity index (χ3n) is 3.70. The highest BCUT2D eigenvalue weighted by Crippen LogP contribution is 2.20. The van der Waals surface area contributed by atoms with Gasteiger partial charge >= 0.3 is 0 Å². The topological polar surface area (TPSA) is 12.0 Å². The van der Waals surface area contributed by atoms with Gasteiger partial charge in [0, 0.05) is 11.4 Å². The van der Waals surface area contributed by atoms with Gasteiger partial charge in [-0.05, 0) is 42.8 Å². The van der Waals surface area contributed by atoms with Crippen LogP contribution in [-0.2, 0) is 6.54 Å². The zero-order valence-electron chi connectivity index (χ0n) is 14.0. The van der Waals surface area contributed by atoms with Crippen molar-refractivity contribution in [3.05, 3.63) is 29.8 Å². The Bertz CT molecular complexity index is 334. The summed E-state index contributed by atoms with van der Waals surface area (Å²) in [6, 6.07) is 9.06. The first-order valence-corrected chi connectivity index (χ1v) is 9.77. The molecule has 0 saturated carbocycles. The van der Waals surface area contributed by atoms with Gasteiger partial charge in [-0.1, -0.05) is 64.5 Å². The molecule has 0 fully saturated rings. The number of hydrogen-bond acceptors (Lipinski definition) is 2. The lowest BCUT2D eigenvalue weighted by Crippen LogP contribution is -2.13. The molecular formula is C19H33NS. The Balaban J connectivity index is 2.04. The molecule has 1 aromatic rings. The largest absolute Gasteiger partial charge is 0.313 e. The Morgan fingerprint density at radius 3 is 2.14 bits per heavy atom. The zero-order chi connectivity index (χ0) is 15.2. The van der Waals surface area contributed by atoms with Gasteiger partial charge in [0.25, 0.3) is 0 Å². The van der Waals surface area contributed by atoms with Crippen molar-refractivity contribution in [1.29, 1.82) is 0 Å². The van der Waals surface area contributed by atoms with Crippen LogP contribution in [0.3, 0.4) is 0 Å². The number of nitrogens with one attached hydrogen (secondary N) is 1. The molecule has 1 N–H and O–H groups in total. The highest BCUT2D eigenvalue weighted by Gasteiger charge is 1.97. The van der Waals surface area contributed by atoms with Crippen LogP contribution in [0.1, 0.15) is 70.8 Å². The van der Waals surface area contributed by atoms with E-state index in [1.165, 1.54) is 67.6 Å². The van der Waals surface area contributed by atoms with E-state index >= 15 is 0 Å². The molecule has 0 amide bonds. The average Bonchev–Trinajstić information content (AvgIpc) is 2.52. The van der Waals surface area contributed by atoms with Gasteiger partial charge in [0.15, 0.2) is 0 Å². The van der Waals surface area contributed by atoms with Crippen molar-refractivity contribution in [3.63, 3.8) is 0 Å². The van der Waals surface area contributed by atoms with E-state index in [1.54, 1.807) is 0 Å². The predicted molar refractivity (Wildman–Crippen MR) is 97.2 cm³/mol. The van der Waals surface area contributed by atoms with Crippen molar-refractivity contribution in [3.8, 4) is 0 Å². The molecule has 0 radical (unpaired) electrons. The summed E-state index contributed by atoms with van der Waals surface area (Å²) in [5.41, 5.74) is 1.39. The van der Waals surface area contributed by atoms with Crippen LogP contribution < -0.4 is 5.32 Å². The van der Waals surface area contributed by atoms with Crippen LogP contribution >= 0.6 is 11.8 Å². The van der Waals surface area contributed by atoms with Crippen LogP contribution in [0.4, 0.5) is 0 Å². The van der Waals surface area contributed by atoms with Crippen LogP contribution in [-0.4, -0.2) is 12.3 Å². The van der Waals surface area contributed by atoms with Crippen molar-refractivity contribution < 1.29 is 0 Å². The molecule has 1 nitrogen and oxygen atoms in total. The van der Waals surface area contributed by atoms with Gasteiger partial charge in [0.1, 0.15) is 0 Å². The van der Waals surface area contributed by atoms with Gasteiger partial charge in [-0.3, -0.25) is 0 Å². The lowest BCUT2D eigenvalue weighted by Gasteiger charge is -2.05. The second-order valence-corrected chi connectivity index (χ2v) is 6.96. The lowest BCUT2D eigenvalue weighted by molar-refractivity contribution is 0.603.